The molecule has 0 saturated carbocycles. The molecule has 3 aromatic rings. The fourth-order valence-corrected chi connectivity index (χ4v) is 3.35. The smallest absolute Gasteiger partial charge is 0.339 e. The van der Waals surface area contributed by atoms with Crippen molar-refractivity contribution in [1.29, 1.82) is 0 Å². The van der Waals surface area contributed by atoms with Crippen LogP contribution >= 0.6 is 15.9 Å². The van der Waals surface area contributed by atoms with Crippen molar-refractivity contribution in [3.8, 4) is 11.5 Å². The van der Waals surface area contributed by atoms with Crippen LogP contribution in [0.1, 0.15) is 15.9 Å². The number of hydrogen-bond acceptors (Lipinski definition) is 5. The van der Waals surface area contributed by atoms with Gasteiger partial charge < -0.3 is 19.9 Å². The van der Waals surface area contributed by atoms with Crippen molar-refractivity contribution in [2.75, 3.05) is 26.1 Å². The minimum Gasteiger partial charge on any atom is -0.497 e. The maximum absolute atomic E-state index is 11.6. The molecule has 0 atom stereocenters. The Hall–Kier alpha value is -2.80. The Morgan fingerprint density at radius 1 is 1.15 bits per heavy atom. The molecule has 1 aromatic heterocycles. The number of fused-ring (bicyclic) bond motifs is 1. The van der Waals surface area contributed by atoms with E-state index in [4.69, 9.17) is 9.47 Å². The number of rotatable bonds is 7. The molecule has 140 valence electrons. The number of halogens is 1. The normalized spacial score (nSPS) is 10.6. The Bertz CT molecular complexity index is 991. The lowest BCUT2D eigenvalue weighted by Crippen LogP contribution is -2.11. The van der Waals surface area contributed by atoms with Gasteiger partial charge in [-0.3, -0.25) is 0 Å². The van der Waals surface area contributed by atoms with Crippen molar-refractivity contribution in [3.63, 3.8) is 0 Å². The summed E-state index contributed by atoms with van der Waals surface area (Å²) < 4.78 is 11.3. The molecular weight excluding hydrogens is 412 g/mol. The first kappa shape index (κ1) is 19.0. The molecule has 0 amide bonds. The van der Waals surface area contributed by atoms with Gasteiger partial charge in [-0.2, -0.15) is 0 Å². The summed E-state index contributed by atoms with van der Waals surface area (Å²) in [6.45, 7) is 0.543. The highest BCUT2D eigenvalue weighted by atomic mass is 79.9. The van der Waals surface area contributed by atoms with Gasteiger partial charge in [0.05, 0.1) is 24.2 Å². The summed E-state index contributed by atoms with van der Waals surface area (Å²) in [5, 5.41) is 13.4. The lowest BCUT2D eigenvalue weighted by atomic mass is 10.1. The van der Waals surface area contributed by atoms with Gasteiger partial charge in [0.2, 0.25) is 0 Å². The van der Waals surface area contributed by atoms with Crippen LogP contribution in [0.5, 0.6) is 11.5 Å². The van der Waals surface area contributed by atoms with Crippen LogP contribution in [0.25, 0.3) is 10.9 Å². The van der Waals surface area contributed by atoms with E-state index in [2.05, 4.69) is 26.2 Å². The number of pyridine rings is 1. The van der Waals surface area contributed by atoms with Crippen LogP contribution in [0.15, 0.2) is 46.9 Å². The molecule has 0 unspecified atom stereocenters. The molecule has 6 nitrogen and oxygen atoms in total. The average Bonchev–Trinajstić information content (AvgIpc) is 2.67. The number of methoxy groups -OCH3 is 2. The first-order valence-corrected chi connectivity index (χ1v) is 9.09. The second kappa shape index (κ2) is 8.26. The molecule has 0 aliphatic rings. The molecule has 0 fully saturated rings. The molecular formula is C20H19BrN2O4. The predicted molar refractivity (Wildman–Crippen MR) is 108 cm³/mol. The summed E-state index contributed by atoms with van der Waals surface area (Å²) in [6.07, 6.45) is 0.708. The van der Waals surface area contributed by atoms with E-state index in [0.29, 0.717) is 30.0 Å². The number of benzene rings is 2. The van der Waals surface area contributed by atoms with Crippen molar-refractivity contribution < 1.29 is 19.4 Å². The highest BCUT2D eigenvalue weighted by Gasteiger charge is 2.14. The number of nitrogens with one attached hydrogen (secondary N) is 1. The Kier molecular flexibility index (Phi) is 5.81. The van der Waals surface area contributed by atoms with Crippen LogP contribution in [-0.4, -0.2) is 36.8 Å². The Morgan fingerprint density at radius 2 is 1.96 bits per heavy atom. The fourth-order valence-electron chi connectivity index (χ4n) is 2.76. The van der Waals surface area contributed by atoms with Gasteiger partial charge in [0.15, 0.2) is 0 Å². The van der Waals surface area contributed by atoms with Gasteiger partial charge in [-0.1, -0.05) is 6.07 Å². The molecule has 3 rings (SSSR count). The second-order valence-electron chi connectivity index (χ2n) is 5.89. The number of ether oxygens (including phenoxy) is 2. The van der Waals surface area contributed by atoms with E-state index in [1.54, 1.807) is 38.5 Å². The molecule has 0 radical (unpaired) electrons. The molecule has 7 heteroatoms. The summed E-state index contributed by atoms with van der Waals surface area (Å²) in [4.78, 5) is 16.1. The van der Waals surface area contributed by atoms with Gasteiger partial charge in [0, 0.05) is 18.0 Å². The first-order valence-electron chi connectivity index (χ1n) is 8.30. The Labute approximate surface area is 165 Å². The molecule has 0 aliphatic heterocycles. The van der Waals surface area contributed by atoms with Crippen LogP contribution < -0.4 is 14.8 Å². The molecule has 0 aliphatic carbocycles. The van der Waals surface area contributed by atoms with Crippen LogP contribution in [0.3, 0.4) is 0 Å². The van der Waals surface area contributed by atoms with Crippen molar-refractivity contribution in [2.24, 2.45) is 0 Å². The highest BCUT2D eigenvalue weighted by Crippen LogP contribution is 2.26. The van der Waals surface area contributed by atoms with Crippen molar-refractivity contribution in [1.82, 2.24) is 4.98 Å². The third kappa shape index (κ3) is 4.31. The van der Waals surface area contributed by atoms with Crippen LogP contribution in [-0.2, 0) is 6.42 Å². The van der Waals surface area contributed by atoms with Gasteiger partial charge in [0.25, 0.3) is 0 Å². The zero-order chi connectivity index (χ0) is 19.4. The zero-order valence-corrected chi connectivity index (χ0v) is 16.5. The van der Waals surface area contributed by atoms with Crippen LogP contribution in [0.4, 0.5) is 5.82 Å². The summed E-state index contributed by atoms with van der Waals surface area (Å²) in [5.74, 6) is 0.767. The molecule has 27 heavy (non-hydrogen) atoms. The zero-order valence-electron chi connectivity index (χ0n) is 15.0. The first-order chi connectivity index (χ1) is 13.0. The largest absolute Gasteiger partial charge is 0.497 e. The van der Waals surface area contributed by atoms with Crippen molar-refractivity contribution in [2.45, 2.75) is 6.42 Å². The van der Waals surface area contributed by atoms with Crippen molar-refractivity contribution in [3.05, 3.63) is 58.1 Å². The quantitative estimate of drug-likeness (QED) is 0.579. The number of hydrogen-bond donors (Lipinski definition) is 2. The summed E-state index contributed by atoms with van der Waals surface area (Å²) >= 11 is 3.47. The van der Waals surface area contributed by atoms with E-state index in [1.807, 2.05) is 18.2 Å². The minimum atomic E-state index is -1.02. The third-order valence-corrected chi connectivity index (χ3v) is 4.80. The lowest BCUT2D eigenvalue weighted by Gasteiger charge is -2.11. The van der Waals surface area contributed by atoms with Crippen LogP contribution in [0, 0.1) is 0 Å². The number of carboxylic acids is 1. The maximum atomic E-state index is 11.6. The van der Waals surface area contributed by atoms with E-state index in [1.165, 1.54) is 0 Å². The van der Waals surface area contributed by atoms with E-state index in [9.17, 15) is 9.90 Å². The number of carbonyl (C=O) groups is 1. The molecule has 1 heterocycles. The van der Waals surface area contributed by atoms with Gasteiger partial charge in [-0.15, -0.1) is 0 Å². The standard InChI is InChI=1S/C20H19BrN2O4/c1-26-14-5-4-13-10-15(20(24)25)19(23-17(13)11-14)22-8-7-12-3-6-18(27-2)16(21)9-12/h3-6,9-11H,7-8H2,1-2H3,(H,22,23)(H,24,25). The number of carboxylic acid groups (broad SMARTS) is 1. The molecule has 2 N–H and O–H groups in total. The number of aromatic carboxylic acids is 1. The van der Waals surface area contributed by atoms with Crippen molar-refractivity contribution >= 4 is 38.6 Å². The topological polar surface area (TPSA) is 80.7 Å². The van der Waals surface area contributed by atoms with E-state index < -0.39 is 5.97 Å². The monoisotopic (exact) mass is 430 g/mol. The second-order valence-corrected chi connectivity index (χ2v) is 6.75. The van der Waals surface area contributed by atoms with Gasteiger partial charge in [-0.25, -0.2) is 9.78 Å². The SMILES string of the molecule is COc1ccc2cc(C(=O)O)c(NCCc3ccc(OC)c(Br)c3)nc2c1. The number of aromatic nitrogens is 1. The fraction of sp³-hybridized carbons (Fsp3) is 0.200. The van der Waals surface area contributed by atoms with Gasteiger partial charge in [0.1, 0.15) is 22.9 Å². The minimum absolute atomic E-state index is 0.142. The molecule has 0 spiro atoms. The van der Waals surface area contributed by atoms with Crippen LogP contribution in [0.2, 0.25) is 0 Å². The molecule has 0 bridgehead atoms. The number of nitrogens with zero attached hydrogens (tertiary/aromatic N) is 1. The van der Waals surface area contributed by atoms with Gasteiger partial charge >= 0.3 is 5.97 Å². The maximum Gasteiger partial charge on any atom is 0.339 e. The summed E-state index contributed by atoms with van der Waals surface area (Å²) in [7, 11) is 3.20. The van der Waals surface area contributed by atoms with E-state index in [-0.39, 0.29) is 5.56 Å². The number of anilines is 1. The third-order valence-electron chi connectivity index (χ3n) is 4.18. The molecule has 2 aromatic carbocycles. The Morgan fingerprint density at radius 3 is 2.63 bits per heavy atom. The lowest BCUT2D eigenvalue weighted by molar-refractivity contribution is 0.0697. The average molecular weight is 431 g/mol. The highest BCUT2D eigenvalue weighted by molar-refractivity contribution is 9.10. The Balaban J connectivity index is 1.81. The van der Waals surface area contributed by atoms with E-state index in [0.717, 1.165) is 21.2 Å². The predicted octanol–water partition coefficient (Wildman–Crippen LogP) is 4.37. The molecule has 0 saturated heterocycles. The van der Waals surface area contributed by atoms with E-state index >= 15 is 0 Å². The summed E-state index contributed by atoms with van der Waals surface area (Å²) in [6, 6.07) is 12.8. The van der Waals surface area contributed by atoms with Gasteiger partial charge in [-0.05, 0) is 58.2 Å². The summed E-state index contributed by atoms with van der Waals surface area (Å²) in [5.41, 5.74) is 1.91.